The van der Waals surface area contributed by atoms with E-state index in [-0.39, 0.29) is 29.8 Å². The average Bonchev–Trinajstić information content (AvgIpc) is 3.29. The van der Waals surface area contributed by atoms with E-state index in [1.807, 2.05) is 18.2 Å². The highest BCUT2D eigenvalue weighted by Gasteiger charge is 2.47. The number of halogens is 4. The summed E-state index contributed by atoms with van der Waals surface area (Å²) in [6.07, 6.45) is -2.39. The number of hydrogen-bond donors (Lipinski definition) is 1. The number of benzene rings is 2. The summed E-state index contributed by atoms with van der Waals surface area (Å²) in [5.41, 5.74) is 0.871. The number of fused-ring (bicyclic) bond motifs is 1. The fourth-order valence-corrected chi connectivity index (χ4v) is 4.87. The van der Waals surface area contributed by atoms with E-state index in [1.165, 1.54) is 6.20 Å². The highest BCUT2D eigenvalue weighted by molar-refractivity contribution is 6.32. The highest BCUT2D eigenvalue weighted by atomic mass is 35.5. The van der Waals surface area contributed by atoms with Crippen LogP contribution in [0.5, 0.6) is 5.75 Å². The van der Waals surface area contributed by atoms with E-state index in [0.717, 1.165) is 10.2 Å². The number of anilines is 1. The van der Waals surface area contributed by atoms with Crippen molar-refractivity contribution in [2.45, 2.75) is 43.6 Å². The molecule has 1 saturated heterocycles. The quantitative estimate of drug-likeness (QED) is 0.482. The second-order valence-electron chi connectivity index (χ2n) is 8.79. The van der Waals surface area contributed by atoms with Crippen molar-refractivity contribution in [3.63, 3.8) is 0 Å². The second-order valence-corrected chi connectivity index (χ2v) is 9.20. The van der Waals surface area contributed by atoms with Crippen molar-refractivity contribution in [1.82, 2.24) is 14.7 Å². The second kappa shape index (κ2) is 9.45. The van der Waals surface area contributed by atoms with Gasteiger partial charge in [-0.3, -0.25) is 4.79 Å². The molecule has 0 aliphatic carbocycles. The first-order valence-corrected chi connectivity index (χ1v) is 11.8. The van der Waals surface area contributed by atoms with Gasteiger partial charge in [0.15, 0.2) is 6.04 Å². The summed E-state index contributed by atoms with van der Waals surface area (Å²) < 4.78 is 48.6. The lowest BCUT2D eigenvalue weighted by atomic mass is 9.96. The van der Waals surface area contributed by atoms with Gasteiger partial charge in [0.2, 0.25) is 0 Å². The van der Waals surface area contributed by atoms with Gasteiger partial charge in [0, 0.05) is 32.4 Å². The summed E-state index contributed by atoms with van der Waals surface area (Å²) in [6.45, 7) is 0.840. The number of amides is 1. The van der Waals surface area contributed by atoms with Crippen LogP contribution in [0.1, 0.15) is 47.3 Å². The summed E-state index contributed by atoms with van der Waals surface area (Å²) in [7, 11) is 0. The molecule has 0 saturated carbocycles. The largest absolute Gasteiger partial charge is 0.489 e. The Morgan fingerprint density at radius 2 is 1.74 bits per heavy atom. The van der Waals surface area contributed by atoms with Crippen LogP contribution in [0.2, 0.25) is 5.02 Å². The third kappa shape index (κ3) is 4.82. The van der Waals surface area contributed by atoms with E-state index in [0.29, 0.717) is 36.7 Å². The maximum Gasteiger partial charge on any atom is 0.410 e. The van der Waals surface area contributed by atoms with Gasteiger partial charge in [-0.05, 0) is 17.7 Å². The Morgan fingerprint density at radius 3 is 2.43 bits per heavy atom. The van der Waals surface area contributed by atoms with Crippen LogP contribution in [0.3, 0.4) is 0 Å². The number of rotatable bonds is 4. The molecule has 0 radical (unpaired) electrons. The molecule has 6 nitrogen and oxygen atoms in total. The summed E-state index contributed by atoms with van der Waals surface area (Å²) in [6, 6.07) is 13.7. The molecule has 2 atom stereocenters. The Hall–Kier alpha value is -3.20. The predicted molar refractivity (Wildman–Crippen MR) is 126 cm³/mol. The van der Waals surface area contributed by atoms with Crippen LogP contribution in [-0.4, -0.2) is 46.0 Å². The molecule has 0 spiro atoms. The number of nitrogens with zero attached hydrogens (tertiary/aromatic N) is 3. The van der Waals surface area contributed by atoms with Gasteiger partial charge >= 0.3 is 6.18 Å². The molecule has 0 bridgehead atoms. The number of piperidine rings is 1. The van der Waals surface area contributed by atoms with Gasteiger partial charge in [-0.15, -0.1) is 0 Å². The maximum atomic E-state index is 13.9. The SMILES string of the molecule is O=C(c1cnn2c1NC(c1ccccc1)C[C@H]2C(F)(F)F)N1CCC(Oc2ccccc2Cl)CC1. The molecule has 3 heterocycles. The standard InChI is InChI=1S/C25H24ClF3N4O2/c26-19-8-4-5-9-21(19)35-17-10-12-32(13-11-17)24(34)18-15-30-33-22(25(27,28)29)14-20(31-23(18)33)16-6-2-1-3-7-16/h1-9,15,17,20,22,31H,10-14H2/t20?,22-/m0/s1. The summed E-state index contributed by atoms with van der Waals surface area (Å²) >= 11 is 6.17. The number of likely N-dealkylation sites (tertiary alicyclic amines) is 1. The lowest BCUT2D eigenvalue weighted by Crippen LogP contribution is -2.42. The molecule has 2 aliphatic heterocycles. The third-order valence-corrected chi connectivity index (χ3v) is 6.84. The molecule has 1 amide bonds. The fourth-order valence-electron chi connectivity index (χ4n) is 4.69. The van der Waals surface area contributed by atoms with Crippen molar-refractivity contribution in [1.29, 1.82) is 0 Å². The van der Waals surface area contributed by atoms with Crippen LogP contribution < -0.4 is 10.1 Å². The lowest BCUT2D eigenvalue weighted by Gasteiger charge is -2.35. The molecule has 184 valence electrons. The maximum absolute atomic E-state index is 13.9. The molecule has 1 fully saturated rings. The van der Waals surface area contributed by atoms with Gasteiger partial charge < -0.3 is 15.0 Å². The number of para-hydroxylation sites is 1. The first-order valence-electron chi connectivity index (χ1n) is 11.5. The van der Waals surface area contributed by atoms with Crippen molar-refractivity contribution >= 4 is 23.3 Å². The van der Waals surface area contributed by atoms with Crippen LogP contribution in [0.4, 0.5) is 19.0 Å². The van der Waals surface area contributed by atoms with Gasteiger partial charge in [0.05, 0.1) is 17.3 Å². The Labute approximate surface area is 205 Å². The Balaban J connectivity index is 1.33. The minimum atomic E-state index is -4.50. The fraction of sp³-hybridized carbons (Fsp3) is 0.360. The van der Waals surface area contributed by atoms with Gasteiger partial charge in [-0.1, -0.05) is 54.1 Å². The smallest absolute Gasteiger partial charge is 0.410 e. The topological polar surface area (TPSA) is 59.4 Å². The highest BCUT2D eigenvalue weighted by Crippen LogP contribution is 2.44. The molecule has 1 N–H and O–H groups in total. The minimum absolute atomic E-state index is 0.102. The molecule has 35 heavy (non-hydrogen) atoms. The van der Waals surface area contributed by atoms with Gasteiger partial charge in [0.25, 0.3) is 5.91 Å². The predicted octanol–water partition coefficient (Wildman–Crippen LogP) is 5.88. The molecular formula is C25H24ClF3N4O2. The third-order valence-electron chi connectivity index (χ3n) is 6.53. The van der Waals surface area contributed by atoms with E-state index < -0.39 is 18.3 Å². The molecule has 2 aliphatic rings. The van der Waals surface area contributed by atoms with E-state index in [4.69, 9.17) is 16.3 Å². The van der Waals surface area contributed by atoms with E-state index >= 15 is 0 Å². The molecular weight excluding hydrogens is 481 g/mol. The van der Waals surface area contributed by atoms with Crippen molar-refractivity contribution in [2.24, 2.45) is 0 Å². The zero-order valence-electron chi connectivity index (χ0n) is 18.7. The number of aromatic nitrogens is 2. The summed E-state index contributed by atoms with van der Waals surface area (Å²) in [5.74, 6) is 0.357. The van der Waals surface area contributed by atoms with E-state index in [9.17, 15) is 18.0 Å². The number of alkyl halides is 3. The molecule has 2 aromatic carbocycles. The molecule has 3 aromatic rings. The lowest BCUT2D eigenvalue weighted by molar-refractivity contribution is -0.173. The van der Waals surface area contributed by atoms with E-state index in [1.54, 1.807) is 41.3 Å². The van der Waals surface area contributed by atoms with Gasteiger partial charge in [-0.2, -0.15) is 18.3 Å². The number of ether oxygens (including phenoxy) is 1. The monoisotopic (exact) mass is 504 g/mol. The van der Waals surface area contributed by atoms with E-state index in [2.05, 4.69) is 10.4 Å². The zero-order valence-corrected chi connectivity index (χ0v) is 19.5. The van der Waals surface area contributed by atoms with Crippen LogP contribution in [0.25, 0.3) is 0 Å². The van der Waals surface area contributed by atoms with Gasteiger partial charge in [0.1, 0.15) is 23.2 Å². The number of carbonyl (C=O) groups excluding carboxylic acids is 1. The van der Waals surface area contributed by atoms with Crippen molar-refractivity contribution in [3.8, 4) is 5.75 Å². The normalized spacial score (nSPS) is 20.7. The van der Waals surface area contributed by atoms with Crippen LogP contribution in [0, 0.1) is 0 Å². The van der Waals surface area contributed by atoms with Crippen LogP contribution in [-0.2, 0) is 0 Å². The first kappa shape index (κ1) is 23.5. The van der Waals surface area contributed by atoms with Crippen molar-refractivity contribution < 1.29 is 22.7 Å². The molecule has 1 unspecified atom stereocenters. The summed E-state index contributed by atoms with van der Waals surface area (Å²) in [5, 5.41) is 7.65. The summed E-state index contributed by atoms with van der Waals surface area (Å²) in [4.78, 5) is 15.0. The zero-order chi connectivity index (χ0) is 24.6. The van der Waals surface area contributed by atoms with Crippen LogP contribution >= 0.6 is 11.6 Å². The number of nitrogens with one attached hydrogen (secondary N) is 1. The first-order chi connectivity index (χ1) is 16.8. The van der Waals surface area contributed by atoms with Crippen LogP contribution in [0.15, 0.2) is 60.8 Å². The average molecular weight is 505 g/mol. The number of carbonyl (C=O) groups is 1. The van der Waals surface area contributed by atoms with Crippen molar-refractivity contribution in [3.05, 3.63) is 76.9 Å². The minimum Gasteiger partial charge on any atom is -0.489 e. The number of hydrogen-bond acceptors (Lipinski definition) is 4. The van der Waals surface area contributed by atoms with Crippen molar-refractivity contribution in [2.75, 3.05) is 18.4 Å². The molecule has 5 rings (SSSR count). The Bertz CT molecular complexity index is 1190. The Kier molecular flexibility index (Phi) is 6.35. The van der Waals surface area contributed by atoms with Gasteiger partial charge in [-0.25, -0.2) is 4.68 Å². The molecule has 1 aromatic heterocycles. The Morgan fingerprint density at radius 1 is 1.06 bits per heavy atom. The molecule has 10 heteroatoms.